The molecule has 0 aromatic heterocycles. The molecule has 0 saturated heterocycles. The molecule has 1 aliphatic carbocycles. The Morgan fingerprint density at radius 1 is 1.33 bits per heavy atom. The first-order chi connectivity index (χ1) is 8.10. The first-order valence-corrected chi connectivity index (χ1v) is 10.0. The number of aliphatic hydroxyl groups is 1. The highest BCUT2D eigenvalue weighted by molar-refractivity contribution is 6.74. The van der Waals surface area contributed by atoms with Gasteiger partial charge in [-0.3, -0.25) is 0 Å². The van der Waals surface area contributed by atoms with Gasteiger partial charge in [0.15, 0.2) is 8.32 Å². The fourth-order valence-corrected chi connectivity index (χ4v) is 3.18. The lowest BCUT2D eigenvalue weighted by molar-refractivity contribution is 0.0259. The van der Waals surface area contributed by atoms with E-state index in [1.54, 1.807) is 6.08 Å². The van der Waals surface area contributed by atoms with E-state index in [2.05, 4.69) is 40.4 Å². The van der Waals surface area contributed by atoms with Gasteiger partial charge in [0, 0.05) is 6.61 Å². The van der Waals surface area contributed by atoms with Gasteiger partial charge >= 0.3 is 0 Å². The highest BCUT2D eigenvalue weighted by atomic mass is 28.4. The van der Waals surface area contributed by atoms with E-state index in [4.69, 9.17) is 4.43 Å². The van der Waals surface area contributed by atoms with Crippen molar-refractivity contribution in [2.24, 2.45) is 5.92 Å². The summed E-state index contributed by atoms with van der Waals surface area (Å²) >= 11 is 0. The maximum Gasteiger partial charge on any atom is 0.191 e. The summed E-state index contributed by atoms with van der Waals surface area (Å²) in [5.74, 6) is 0.611. The molecule has 0 spiro atoms. The molecule has 1 saturated carbocycles. The zero-order valence-corrected chi connectivity index (χ0v) is 13.8. The first kappa shape index (κ1) is 15.9. The molecule has 1 rings (SSSR count). The van der Waals surface area contributed by atoms with Crippen molar-refractivity contribution in [3.05, 3.63) is 12.7 Å². The zero-order valence-electron chi connectivity index (χ0n) is 12.8. The lowest BCUT2D eigenvalue weighted by atomic mass is 9.79. The molecule has 0 amide bonds. The molecule has 0 atom stereocenters. The molecule has 18 heavy (non-hydrogen) atoms. The summed E-state index contributed by atoms with van der Waals surface area (Å²) in [4.78, 5) is 0. The van der Waals surface area contributed by atoms with Crippen molar-refractivity contribution >= 4 is 8.32 Å². The van der Waals surface area contributed by atoms with Crippen molar-refractivity contribution in [1.82, 2.24) is 0 Å². The van der Waals surface area contributed by atoms with Crippen LogP contribution in [0.5, 0.6) is 0 Å². The Hall–Kier alpha value is -0.123. The van der Waals surface area contributed by atoms with Gasteiger partial charge in [-0.2, -0.15) is 0 Å². The van der Waals surface area contributed by atoms with Gasteiger partial charge in [0.25, 0.3) is 0 Å². The molecule has 0 radical (unpaired) electrons. The average Bonchev–Trinajstić information content (AvgIpc) is 2.27. The average molecular weight is 270 g/mol. The highest BCUT2D eigenvalue weighted by Crippen LogP contribution is 2.38. The van der Waals surface area contributed by atoms with Crippen LogP contribution in [0, 0.1) is 5.92 Å². The summed E-state index contributed by atoms with van der Waals surface area (Å²) in [5, 5.41) is 10.4. The first-order valence-electron chi connectivity index (χ1n) is 7.10. The fourth-order valence-electron chi connectivity index (χ4n) is 2.09. The third-order valence-corrected chi connectivity index (χ3v) is 9.34. The van der Waals surface area contributed by atoms with E-state index in [1.807, 2.05) is 0 Å². The van der Waals surface area contributed by atoms with E-state index in [9.17, 15) is 5.11 Å². The van der Waals surface area contributed by atoms with Crippen molar-refractivity contribution in [2.75, 3.05) is 6.61 Å². The summed E-state index contributed by atoms with van der Waals surface area (Å²) in [6.45, 7) is 16.0. The Balaban J connectivity index is 2.41. The fraction of sp³-hybridized carbons (Fsp3) is 0.867. The van der Waals surface area contributed by atoms with Crippen LogP contribution in [0.15, 0.2) is 12.7 Å². The molecular formula is C15H30O2Si. The normalized spacial score (nSPS) is 30.2. The lowest BCUT2D eigenvalue weighted by Crippen LogP contribution is -2.42. The van der Waals surface area contributed by atoms with Crippen molar-refractivity contribution in [3.63, 3.8) is 0 Å². The lowest BCUT2D eigenvalue weighted by Gasteiger charge is -2.39. The van der Waals surface area contributed by atoms with E-state index in [-0.39, 0.29) is 5.04 Å². The standard InChI is InChI=1S/C15H30O2Si/c1-7-15(16)10-8-13(9-11-15)12-17-18(5,6)14(2,3)4/h7,13,16H,1,8-12H2,2-6H3. The Kier molecular flexibility index (Phi) is 4.85. The van der Waals surface area contributed by atoms with Crippen LogP contribution in [-0.4, -0.2) is 25.6 Å². The maximum absolute atomic E-state index is 10.1. The van der Waals surface area contributed by atoms with Crippen LogP contribution in [0.1, 0.15) is 46.5 Å². The minimum atomic E-state index is -1.62. The van der Waals surface area contributed by atoms with Crippen LogP contribution < -0.4 is 0 Å². The summed E-state index contributed by atoms with van der Waals surface area (Å²) in [5.41, 5.74) is -0.618. The zero-order chi connectivity index (χ0) is 14.0. The monoisotopic (exact) mass is 270 g/mol. The molecule has 1 fully saturated rings. The van der Waals surface area contributed by atoms with E-state index in [0.717, 1.165) is 32.3 Å². The molecule has 1 N–H and O–H groups in total. The van der Waals surface area contributed by atoms with Gasteiger partial charge in [-0.25, -0.2) is 0 Å². The van der Waals surface area contributed by atoms with Crippen LogP contribution in [-0.2, 0) is 4.43 Å². The maximum atomic E-state index is 10.1. The minimum absolute atomic E-state index is 0.281. The highest BCUT2D eigenvalue weighted by Gasteiger charge is 2.38. The van der Waals surface area contributed by atoms with Gasteiger partial charge in [0.1, 0.15) is 0 Å². The van der Waals surface area contributed by atoms with E-state index >= 15 is 0 Å². The summed E-state index contributed by atoms with van der Waals surface area (Å²) < 4.78 is 6.27. The van der Waals surface area contributed by atoms with Crippen molar-refractivity contribution < 1.29 is 9.53 Å². The third-order valence-electron chi connectivity index (χ3n) is 4.84. The molecule has 1 aliphatic rings. The molecule has 0 heterocycles. The Morgan fingerprint density at radius 3 is 2.22 bits per heavy atom. The largest absolute Gasteiger partial charge is 0.417 e. The SMILES string of the molecule is C=CC1(O)CCC(CO[Si](C)(C)C(C)(C)C)CC1. The second-order valence-electron chi connectivity index (χ2n) is 7.32. The van der Waals surface area contributed by atoms with E-state index < -0.39 is 13.9 Å². The van der Waals surface area contributed by atoms with Gasteiger partial charge in [0.05, 0.1) is 5.60 Å². The smallest absolute Gasteiger partial charge is 0.191 e. The van der Waals surface area contributed by atoms with Crippen LogP contribution in [0.25, 0.3) is 0 Å². The van der Waals surface area contributed by atoms with E-state index in [0.29, 0.717) is 5.92 Å². The molecule has 3 heteroatoms. The molecule has 0 unspecified atom stereocenters. The molecule has 0 aromatic carbocycles. The van der Waals surface area contributed by atoms with Gasteiger partial charge in [-0.1, -0.05) is 26.8 Å². The number of rotatable bonds is 4. The second-order valence-corrected chi connectivity index (χ2v) is 12.1. The summed E-state index contributed by atoms with van der Waals surface area (Å²) in [6.07, 6.45) is 5.48. The molecule has 106 valence electrons. The topological polar surface area (TPSA) is 29.5 Å². The summed E-state index contributed by atoms with van der Waals surface area (Å²) in [7, 11) is -1.62. The quantitative estimate of drug-likeness (QED) is 0.615. The Bertz CT molecular complexity index is 283. The third kappa shape index (κ3) is 3.94. The molecule has 0 aliphatic heterocycles. The van der Waals surface area contributed by atoms with Gasteiger partial charge in [0.2, 0.25) is 0 Å². The Labute approximate surface area is 114 Å². The Morgan fingerprint density at radius 2 is 1.83 bits per heavy atom. The molecule has 2 nitrogen and oxygen atoms in total. The minimum Gasteiger partial charge on any atom is -0.417 e. The van der Waals surface area contributed by atoms with Crippen LogP contribution in [0.4, 0.5) is 0 Å². The van der Waals surface area contributed by atoms with E-state index in [1.165, 1.54) is 0 Å². The molecule has 0 bridgehead atoms. The molecule has 0 aromatic rings. The van der Waals surface area contributed by atoms with Crippen LogP contribution in [0.2, 0.25) is 18.1 Å². The predicted molar refractivity (Wildman–Crippen MR) is 80.3 cm³/mol. The van der Waals surface area contributed by atoms with Crippen molar-refractivity contribution in [1.29, 1.82) is 0 Å². The van der Waals surface area contributed by atoms with Gasteiger partial charge in [-0.05, 0) is 49.7 Å². The summed E-state index contributed by atoms with van der Waals surface area (Å²) in [6, 6.07) is 0. The van der Waals surface area contributed by atoms with Crippen molar-refractivity contribution in [3.8, 4) is 0 Å². The van der Waals surface area contributed by atoms with Crippen LogP contribution >= 0.6 is 0 Å². The molecular weight excluding hydrogens is 240 g/mol. The second kappa shape index (κ2) is 5.47. The predicted octanol–water partition coefficient (Wildman–Crippen LogP) is 4.12. The number of hydrogen-bond donors (Lipinski definition) is 1. The van der Waals surface area contributed by atoms with Gasteiger partial charge < -0.3 is 9.53 Å². The van der Waals surface area contributed by atoms with Crippen LogP contribution in [0.3, 0.4) is 0 Å². The van der Waals surface area contributed by atoms with Crippen molar-refractivity contribution in [2.45, 2.75) is 70.2 Å². The number of hydrogen-bond acceptors (Lipinski definition) is 2. The van der Waals surface area contributed by atoms with Gasteiger partial charge in [-0.15, -0.1) is 6.58 Å².